The maximum absolute atomic E-state index is 5.49. The van der Waals surface area contributed by atoms with Crippen LogP contribution in [0.25, 0.3) is 0 Å². The van der Waals surface area contributed by atoms with Crippen molar-refractivity contribution in [2.24, 2.45) is 10.9 Å². The summed E-state index contributed by atoms with van der Waals surface area (Å²) in [7, 11) is 1.79. The zero-order chi connectivity index (χ0) is 18.1. The van der Waals surface area contributed by atoms with E-state index >= 15 is 0 Å². The number of ether oxygens (including phenoxy) is 1. The Morgan fingerprint density at radius 1 is 1.32 bits per heavy atom. The van der Waals surface area contributed by atoms with E-state index in [2.05, 4.69) is 46.5 Å². The van der Waals surface area contributed by atoms with E-state index in [4.69, 9.17) is 9.26 Å². The summed E-state index contributed by atoms with van der Waals surface area (Å²) in [5, 5.41) is 10.8. The van der Waals surface area contributed by atoms with Gasteiger partial charge in [-0.1, -0.05) is 25.9 Å². The molecule has 0 aliphatic carbocycles. The molecule has 25 heavy (non-hydrogen) atoms. The van der Waals surface area contributed by atoms with E-state index < -0.39 is 0 Å². The minimum Gasteiger partial charge on any atom is -0.379 e. The second-order valence-electron chi connectivity index (χ2n) is 6.88. The van der Waals surface area contributed by atoms with Gasteiger partial charge in [-0.3, -0.25) is 9.89 Å². The Labute approximate surface area is 151 Å². The van der Waals surface area contributed by atoms with Crippen molar-refractivity contribution < 1.29 is 9.26 Å². The first-order valence-corrected chi connectivity index (χ1v) is 9.33. The maximum atomic E-state index is 5.49. The molecule has 1 atom stereocenters. The molecule has 7 heteroatoms. The monoisotopic (exact) mass is 351 g/mol. The van der Waals surface area contributed by atoms with Gasteiger partial charge < -0.3 is 19.9 Å². The van der Waals surface area contributed by atoms with E-state index in [-0.39, 0.29) is 0 Å². The minimum absolute atomic E-state index is 0.486. The highest BCUT2D eigenvalue weighted by atomic mass is 16.5. The standard InChI is InChI=1S/C18H33N5O2/c1-5-15-11-17(25-22-15)13-21-18(19-4)20-12-16(10-14(2)3)23-6-8-24-9-7-23/h11,14,16H,5-10,12-13H2,1-4H3,(H2,19,20,21). The predicted molar refractivity (Wildman–Crippen MR) is 99.7 cm³/mol. The Morgan fingerprint density at radius 3 is 2.68 bits per heavy atom. The highest BCUT2D eigenvalue weighted by molar-refractivity contribution is 5.79. The molecule has 1 fully saturated rings. The molecule has 1 aliphatic rings. The van der Waals surface area contributed by atoms with Crippen LogP contribution in [0.4, 0.5) is 0 Å². The number of nitrogens with one attached hydrogen (secondary N) is 2. The molecule has 7 nitrogen and oxygen atoms in total. The average Bonchev–Trinajstić information content (AvgIpc) is 3.09. The molecule has 1 saturated heterocycles. The van der Waals surface area contributed by atoms with Gasteiger partial charge in [0.05, 0.1) is 25.5 Å². The zero-order valence-corrected chi connectivity index (χ0v) is 16.0. The lowest BCUT2D eigenvalue weighted by Gasteiger charge is -2.35. The van der Waals surface area contributed by atoms with Crippen molar-refractivity contribution in [1.82, 2.24) is 20.7 Å². The summed E-state index contributed by atoms with van der Waals surface area (Å²) in [6.45, 7) is 11.7. The molecule has 2 rings (SSSR count). The van der Waals surface area contributed by atoms with Crippen LogP contribution in [0.2, 0.25) is 0 Å². The SMILES string of the molecule is CCc1cc(CNC(=NC)NCC(CC(C)C)N2CCOCC2)on1. The predicted octanol–water partition coefficient (Wildman–Crippen LogP) is 1.65. The summed E-state index contributed by atoms with van der Waals surface area (Å²) in [5.41, 5.74) is 0.976. The second-order valence-corrected chi connectivity index (χ2v) is 6.88. The summed E-state index contributed by atoms with van der Waals surface area (Å²) in [6, 6.07) is 2.47. The van der Waals surface area contributed by atoms with Gasteiger partial charge in [0.2, 0.25) is 0 Å². The Morgan fingerprint density at radius 2 is 2.08 bits per heavy atom. The number of hydrogen-bond acceptors (Lipinski definition) is 5. The van der Waals surface area contributed by atoms with Crippen molar-refractivity contribution >= 4 is 5.96 Å². The molecular formula is C18H33N5O2. The molecule has 1 unspecified atom stereocenters. The first-order chi connectivity index (χ1) is 12.1. The summed E-state index contributed by atoms with van der Waals surface area (Å²) >= 11 is 0. The molecule has 0 radical (unpaired) electrons. The van der Waals surface area contributed by atoms with Gasteiger partial charge in [-0.15, -0.1) is 0 Å². The smallest absolute Gasteiger partial charge is 0.191 e. The van der Waals surface area contributed by atoms with Crippen LogP contribution in [0.3, 0.4) is 0 Å². The van der Waals surface area contributed by atoms with Crippen LogP contribution in [-0.2, 0) is 17.7 Å². The number of aliphatic imine (C=N–C) groups is 1. The van der Waals surface area contributed by atoms with Crippen LogP contribution in [0.1, 0.15) is 38.6 Å². The van der Waals surface area contributed by atoms with Crippen LogP contribution in [0, 0.1) is 5.92 Å². The van der Waals surface area contributed by atoms with Gasteiger partial charge in [-0.05, 0) is 18.8 Å². The van der Waals surface area contributed by atoms with Crippen LogP contribution in [0.5, 0.6) is 0 Å². The van der Waals surface area contributed by atoms with Crippen LogP contribution >= 0.6 is 0 Å². The first kappa shape index (κ1) is 19.7. The van der Waals surface area contributed by atoms with Gasteiger partial charge in [0.1, 0.15) is 0 Å². The van der Waals surface area contributed by atoms with Gasteiger partial charge in [0.15, 0.2) is 11.7 Å². The molecule has 0 aromatic carbocycles. The van der Waals surface area contributed by atoms with Gasteiger partial charge >= 0.3 is 0 Å². The van der Waals surface area contributed by atoms with Crippen molar-refractivity contribution in [3.8, 4) is 0 Å². The van der Waals surface area contributed by atoms with Crippen LogP contribution < -0.4 is 10.6 Å². The summed E-state index contributed by atoms with van der Waals surface area (Å²) in [6.07, 6.45) is 2.04. The number of morpholine rings is 1. The Balaban J connectivity index is 1.83. The van der Waals surface area contributed by atoms with E-state index in [1.807, 2.05) is 6.07 Å². The first-order valence-electron chi connectivity index (χ1n) is 9.33. The third-order valence-corrected chi connectivity index (χ3v) is 4.43. The lowest BCUT2D eigenvalue weighted by Crippen LogP contribution is -2.50. The van der Waals surface area contributed by atoms with Crippen LogP contribution in [0.15, 0.2) is 15.6 Å². The molecule has 2 heterocycles. The summed E-state index contributed by atoms with van der Waals surface area (Å²) < 4.78 is 10.8. The normalized spacial score (nSPS) is 17.7. The molecule has 0 spiro atoms. The van der Waals surface area contributed by atoms with Crippen molar-refractivity contribution in [2.45, 2.75) is 46.2 Å². The van der Waals surface area contributed by atoms with Gasteiger partial charge in [-0.25, -0.2) is 0 Å². The van der Waals surface area contributed by atoms with E-state index in [1.54, 1.807) is 7.05 Å². The van der Waals surface area contributed by atoms with Crippen molar-refractivity contribution in [3.63, 3.8) is 0 Å². The molecule has 0 saturated carbocycles. The maximum Gasteiger partial charge on any atom is 0.191 e. The summed E-state index contributed by atoms with van der Waals surface area (Å²) in [4.78, 5) is 6.84. The number of hydrogen-bond donors (Lipinski definition) is 2. The third kappa shape index (κ3) is 6.66. The Hall–Kier alpha value is -1.60. The van der Waals surface area contributed by atoms with Crippen molar-refractivity contribution in [3.05, 3.63) is 17.5 Å². The molecule has 142 valence electrons. The zero-order valence-electron chi connectivity index (χ0n) is 16.0. The molecule has 1 aromatic heterocycles. The van der Waals surface area contributed by atoms with E-state index in [0.29, 0.717) is 18.5 Å². The Kier molecular flexibility index (Phi) is 8.21. The van der Waals surface area contributed by atoms with E-state index in [1.165, 1.54) is 0 Å². The van der Waals surface area contributed by atoms with Gasteiger partial charge in [-0.2, -0.15) is 0 Å². The lowest BCUT2D eigenvalue weighted by molar-refractivity contribution is 0.0132. The third-order valence-electron chi connectivity index (χ3n) is 4.43. The quantitative estimate of drug-likeness (QED) is 0.548. The highest BCUT2D eigenvalue weighted by Gasteiger charge is 2.22. The fourth-order valence-corrected chi connectivity index (χ4v) is 3.06. The van der Waals surface area contributed by atoms with Crippen molar-refractivity contribution in [2.75, 3.05) is 39.9 Å². The molecule has 0 bridgehead atoms. The number of aryl methyl sites for hydroxylation is 1. The highest BCUT2D eigenvalue weighted by Crippen LogP contribution is 2.13. The topological polar surface area (TPSA) is 74.9 Å². The second kappa shape index (κ2) is 10.4. The molecule has 0 amide bonds. The number of nitrogens with zero attached hydrogens (tertiary/aromatic N) is 3. The molecule has 2 N–H and O–H groups in total. The number of guanidine groups is 1. The minimum atomic E-state index is 0.486. The fraction of sp³-hybridized carbons (Fsp3) is 0.778. The van der Waals surface area contributed by atoms with Gasteiger partial charge in [0.25, 0.3) is 0 Å². The molecular weight excluding hydrogens is 318 g/mol. The lowest BCUT2D eigenvalue weighted by atomic mass is 10.0. The van der Waals surface area contributed by atoms with E-state index in [9.17, 15) is 0 Å². The van der Waals surface area contributed by atoms with E-state index in [0.717, 1.165) is 63.1 Å². The molecule has 1 aliphatic heterocycles. The summed E-state index contributed by atoms with van der Waals surface area (Å²) in [5.74, 6) is 2.27. The average molecular weight is 351 g/mol. The van der Waals surface area contributed by atoms with Gasteiger partial charge in [0, 0.05) is 38.8 Å². The fourth-order valence-electron chi connectivity index (χ4n) is 3.06. The largest absolute Gasteiger partial charge is 0.379 e. The van der Waals surface area contributed by atoms with Crippen molar-refractivity contribution in [1.29, 1.82) is 0 Å². The van der Waals surface area contributed by atoms with Crippen LogP contribution in [-0.4, -0.2) is 62.0 Å². The number of rotatable bonds is 8. The number of aromatic nitrogens is 1. The Bertz CT molecular complexity index is 523. The molecule has 1 aromatic rings.